The Kier molecular flexibility index (Phi) is 7.52. The van der Waals surface area contributed by atoms with E-state index >= 15 is 0 Å². The molecule has 2 heterocycles. The fourth-order valence-electron chi connectivity index (χ4n) is 4.60. The van der Waals surface area contributed by atoms with Crippen LogP contribution in [0.25, 0.3) is 11.1 Å². The summed E-state index contributed by atoms with van der Waals surface area (Å²) in [6.07, 6.45) is 4.50. The maximum absolute atomic E-state index is 13.4. The SMILES string of the molecule is Cc1ccc(C(=O)C/C(=C\C(=C2\SC(N3CCCC3)=NC2=O)c2ccc(C)cc2)c2ccccc2)cc1. The Morgan fingerprint density at radius 1 is 0.838 bits per heavy atom. The zero-order valence-electron chi connectivity index (χ0n) is 21.2. The summed E-state index contributed by atoms with van der Waals surface area (Å²) in [6.45, 7) is 5.93. The van der Waals surface area contributed by atoms with Crippen molar-refractivity contribution in [2.75, 3.05) is 13.1 Å². The van der Waals surface area contributed by atoms with Crippen molar-refractivity contribution < 1.29 is 9.59 Å². The summed E-state index contributed by atoms with van der Waals surface area (Å²) in [5.41, 5.74) is 6.53. The highest BCUT2D eigenvalue weighted by atomic mass is 32.2. The summed E-state index contributed by atoms with van der Waals surface area (Å²) in [4.78, 5) is 33.8. The lowest BCUT2D eigenvalue weighted by Gasteiger charge is -2.16. The smallest absolute Gasteiger partial charge is 0.286 e. The molecule has 0 spiro atoms. The molecule has 0 bridgehead atoms. The van der Waals surface area contributed by atoms with E-state index < -0.39 is 0 Å². The topological polar surface area (TPSA) is 49.7 Å². The predicted octanol–water partition coefficient (Wildman–Crippen LogP) is 7.10. The van der Waals surface area contributed by atoms with E-state index in [1.165, 1.54) is 11.8 Å². The molecule has 5 heteroatoms. The van der Waals surface area contributed by atoms with E-state index in [0.717, 1.165) is 64.5 Å². The number of likely N-dealkylation sites (tertiary alicyclic amines) is 1. The number of ketones is 1. The van der Waals surface area contributed by atoms with Crippen molar-refractivity contribution in [2.45, 2.75) is 33.1 Å². The molecule has 0 atom stereocenters. The normalized spacial score (nSPS) is 17.2. The quantitative estimate of drug-likeness (QED) is 0.264. The van der Waals surface area contributed by atoms with Crippen molar-refractivity contribution in [3.63, 3.8) is 0 Å². The third-order valence-corrected chi connectivity index (χ3v) is 7.89. The molecule has 2 aliphatic rings. The van der Waals surface area contributed by atoms with Crippen molar-refractivity contribution in [1.29, 1.82) is 0 Å². The minimum absolute atomic E-state index is 0.0442. The van der Waals surface area contributed by atoms with Gasteiger partial charge in [-0.2, -0.15) is 4.99 Å². The fourth-order valence-corrected chi connectivity index (χ4v) is 5.64. The van der Waals surface area contributed by atoms with E-state index in [1.54, 1.807) is 0 Å². The summed E-state index contributed by atoms with van der Waals surface area (Å²) < 4.78 is 0. The number of rotatable bonds is 6. The van der Waals surface area contributed by atoms with Crippen molar-refractivity contribution in [3.8, 4) is 0 Å². The van der Waals surface area contributed by atoms with Crippen LogP contribution in [-0.4, -0.2) is 34.8 Å². The number of aliphatic imine (C=N–C) groups is 1. The van der Waals surface area contributed by atoms with Crippen LogP contribution in [0.2, 0.25) is 0 Å². The summed E-state index contributed by atoms with van der Waals surface area (Å²) in [5, 5.41) is 0.785. The number of hydrogen-bond acceptors (Lipinski definition) is 4. The predicted molar refractivity (Wildman–Crippen MR) is 153 cm³/mol. The van der Waals surface area contributed by atoms with Crippen molar-refractivity contribution in [3.05, 3.63) is 118 Å². The molecule has 0 unspecified atom stereocenters. The first-order valence-corrected chi connectivity index (χ1v) is 13.5. The number of benzene rings is 3. The Bertz CT molecular complexity index is 1400. The summed E-state index contributed by atoms with van der Waals surface area (Å²) >= 11 is 1.45. The van der Waals surface area contributed by atoms with Gasteiger partial charge in [-0.3, -0.25) is 9.59 Å². The Balaban J connectivity index is 1.59. The van der Waals surface area contributed by atoms with E-state index in [9.17, 15) is 9.59 Å². The van der Waals surface area contributed by atoms with Gasteiger partial charge >= 0.3 is 0 Å². The van der Waals surface area contributed by atoms with Gasteiger partial charge in [-0.05, 0) is 61.2 Å². The molecule has 5 rings (SSSR count). The Morgan fingerprint density at radius 2 is 1.43 bits per heavy atom. The van der Waals surface area contributed by atoms with Crippen molar-refractivity contribution in [1.82, 2.24) is 4.90 Å². The van der Waals surface area contributed by atoms with Gasteiger partial charge in [0.25, 0.3) is 5.91 Å². The second-order valence-corrected chi connectivity index (χ2v) is 10.6. The number of Topliss-reactive ketones (excluding diaryl/α,β-unsaturated/α-hetero) is 1. The Morgan fingerprint density at radius 3 is 2.05 bits per heavy atom. The summed E-state index contributed by atoms with van der Waals surface area (Å²) in [5.74, 6) is -0.168. The van der Waals surface area contributed by atoms with Gasteiger partial charge in [0, 0.05) is 30.6 Å². The molecule has 1 saturated heterocycles. The molecule has 1 amide bonds. The molecule has 3 aromatic carbocycles. The molecular weight excluding hydrogens is 476 g/mol. The molecule has 37 heavy (non-hydrogen) atoms. The van der Waals surface area contributed by atoms with E-state index in [2.05, 4.69) is 22.0 Å². The van der Waals surface area contributed by atoms with Crippen molar-refractivity contribution in [2.24, 2.45) is 4.99 Å². The van der Waals surface area contributed by atoms with Crippen LogP contribution in [0.5, 0.6) is 0 Å². The zero-order chi connectivity index (χ0) is 25.8. The molecular formula is C32H30N2O2S. The number of thioether (sulfide) groups is 1. The van der Waals surface area contributed by atoms with Crippen molar-refractivity contribution >= 4 is 39.8 Å². The third-order valence-electron chi connectivity index (χ3n) is 6.76. The average molecular weight is 507 g/mol. The third kappa shape index (κ3) is 5.83. The van der Waals surface area contributed by atoms with E-state index in [4.69, 9.17) is 0 Å². The van der Waals surface area contributed by atoms with E-state index in [1.807, 2.05) is 86.7 Å². The van der Waals surface area contributed by atoms with Gasteiger partial charge in [0.15, 0.2) is 11.0 Å². The number of amidine groups is 1. The van der Waals surface area contributed by atoms with Gasteiger partial charge in [0.2, 0.25) is 0 Å². The van der Waals surface area contributed by atoms with Gasteiger partial charge < -0.3 is 4.90 Å². The lowest BCUT2D eigenvalue weighted by Crippen LogP contribution is -2.23. The minimum atomic E-state index is -0.212. The molecule has 186 valence electrons. The molecule has 0 radical (unpaired) electrons. The van der Waals surface area contributed by atoms with Crippen LogP contribution in [0, 0.1) is 13.8 Å². The molecule has 4 nitrogen and oxygen atoms in total. The largest absolute Gasteiger partial charge is 0.351 e. The molecule has 0 aliphatic carbocycles. The minimum Gasteiger partial charge on any atom is -0.351 e. The molecule has 0 aromatic heterocycles. The van der Waals surface area contributed by atoms with Crippen LogP contribution >= 0.6 is 11.8 Å². The van der Waals surface area contributed by atoms with Crippen LogP contribution in [0.15, 0.2) is 94.8 Å². The summed E-state index contributed by atoms with van der Waals surface area (Å²) in [7, 11) is 0. The maximum atomic E-state index is 13.4. The highest BCUT2D eigenvalue weighted by molar-refractivity contribution is 8.18. The van der Waals surface area contributed by atoms with Gasteiger partial charge in [-0.1, -0.05) is 90.0 Å². The second-order valence-electron chi connectivity index (χ2n) is 9.61. The van der Waals surface area contributed by atoms with Gasteiger partial charge in [0.1, 0.15) is 0 Å². The Labute approximate surface area is 222 Å². The number of allylic oxidation sites excluding steroid dienone is 3. The molecule has 3 aromatic rings. The number of nitrogens with zero attached hydrogens (tertiary/aromatic N) is 2. The van der Waals surface area contributed by atoms with Crippen LogP contribution in [-0.2, 0) is 4.79 Å². The average Bonchev–Trinajstić information content (AvgIpc) is 3.58. The number of aryl methyl sites for hydroxylation is 2. The second kappa shape index (κ2) is 11.1. The fraction of sp³-hybridized carbons (Fsp3) is 0.219. The molecule has 0 N–H and O–H groups in total. The highest BCUT2D eigenvalue weighted by Gasteiger charge is 2.30. The highest BCUT2D eigenvalue weighted by Crippen LogP contribution is 2.38. The number of hydrogen-bond donors (Lipinski definition) is 0. The van der Waals surface area contributed by atoms with Crippen LogP contribution in [0.3, 0.4) is 0 Å². The first kappa shape index (κ1) is 25.0. The standard InChI is InChI=1S/C32H30N2O2S/c1-22-10-14-25(15-11-22)28(30-31(36)33-32(37-30)34-18-6-7-19-34)20-27(24-8-4-3-5-9-24)21-29(35)26-16-12-23(2)13-17-26/h3-5,8-17,20H,6-7,18-19,21H2,1-2H3/b27-20+,30-28-. The molecule has 1 fully saturated rings. The Hall–Kier alpha value is -3.70. The van der Waals surface area contributed by atoms with E-state index in [0.29, 0.717) is 10.5 Å². The van der Waals surface area contributed by atoms with E-state index in [-0.39, 0.29) is 18.1 Å². The first-order valence-electron chi connectivity index (χ1n) is 12.7. The molecule has 2 aliphatic heterocycles. The van der Waals surface area contributed by atoms with Crippen LogP contribution in [0.1, 0.15) is 51.9 Å². The van der Waals surface area contributed by atoms with Gasteiger partial charge in [0.05, 0.1) is 4.91 Å². The van der Waals surface area contributed by atoms with Crippen LogP contribution in [0.4, 0.5) is 0 Å². The number of amides is 1. The number of carbonyl (C=O) groups is 2. The summed E-state index contributed by atoms with van der Waals surface area (Å²) in [6, 6.07) is 25.8. The lowest BCUT2D eigenvalue weighted by molar-refractivity contribution is -0.113. The molecule has 0 saturated carbocycles. The van der Waals surface area contributed by atoms with Gasteiger partial charge in [-0.25, -0.2) is 0 Å². The number of carbonyl (C=O) groups excluding carboxylic acids is 2. The van der Waals surface area contributed by atoms with Crippen LogP contribution < -0.4 is 0 Å². The monoisotopic (exact) mass is 506 g/mol. The lowest BCUT2D eigenvalue weighted by atomic mass is 9.93. The maximum Gasteiger partial charge on any atom is 0.286 e. The zero-order valence-corrected chi connectivity index (χ0v) is 22.1. The first-order chi connectivity index (χ1) is 18.0. The van der Waals surface area contributed by atoms with Gasteiger partial charge in [-0.15, -0.1) is 0 Å².